The van der Waals surface area contributed by atoms with E-state index in [0.29, 0.717) is 0 Å². The largest absolute Gasteiger partial charge is 0.235 e. The van der Waals surface area contributed by atoms with E-state index in [0.717, 1.165) is 82.0 Å². The Hall–Kier alpha value is -6.08. The minimum absolute atomic E-state index is 0.737. The Morgan fingerprint density at radius 2 is 0.840 bits per heavy atom. The van der Waals surface area contributed by atoms with Gasteiger partial charge in [0.15, 0.2) is 5.82 Å². The molecule has 0 atom stereocenters. The molecule has 10 rings (SSSR count). The summed E-state index contributed by atoms with van der Waals surface area (Å²) in [6.45, 7) is 0. The number of hydrogen-bond acceptors (Lipinski definition) is 6. The number of nitrogens with zero attached hydrogens (tertiary/aromatic N) is 4. The molecule has 0 unspecified atom stereocenters. The van der Waals surface area contributed by atoms with Gasteiger partial charge < -0.3 is 0 Å². The van der Waals surface area contributed by atoms with E-state index in [1.807, 2.05) is 18.2 Å². The predicted octanol–water partition coefficient (Wildman–Crippen LogP) is 12.3. The van der Waals surface area contributed by atoms with Crippen molar-refractivity contribution < 1.29 is 0 Å². The van der Waals surface area contributed by atoms with E-state index in [1.54, 1.807) is 29.0 Å². The van der Waals surface area contributed by atoms with E-state index >= 15 is 0 Å². The fraction of sp³-hybridized carbons (Fsp3) is 0. The molecule has 0 amide bonds. The second-order valence-corrected chi connectivity index (χ2v) is 14.4. The lowest BCUT2D eigenvalue weighted by Crippen LogP contribution is -1.93. The van der Waals surface area contributed by atoms with E-state index in [4.69, 9.17) is 15.0 Å². The van der Waals surface area contributed by atoms with E-state index in [2.05, 4.69) is 138 Å². The zero-order chi connectivity index (χ0) is 33.0. The molecule has 0 bridgehead atoms. The zero-order valence-corrected chi connectivity index (χ0v) is 28.2. The van der Waals surface area contributed by atoms with Crippen LogP contribution in [-0.2, 0) is 0 Å². The first-order valence-electron chi connectivity index (χ1n) is 16.5. The Kier molecular flexibility index (Phi) is 6.82. The van der Waals surface area contributed by atoms with Crippen molar-refractivity contribution in [2.45, 2.75) is 0 Å². The Balaban J connectivity index is 1.06. The SMILES string of the molecule is c1ccc(-c2nc(-c3cccc(-c4cccc(-c5cccc(-c6ncnc7c6sc6ccccc67)c5)c4)c3)c3sc4ccccc4c3n2)cc1. The summed E-state index contributed by atoms with van der Waals surface area (Å²) in [5, 5.41) is 2.34. The third-order valence-corrected chi connectivity index (χ3v) is 11.5. The number of rotatable bonds is 5. The highest BCUT2D eigenvalue weighted by molar-refractivity contribution is 7.26. The summed E-state index contributed by atoms with van der Waals surface area (Å²) in [5.41, 5.74) is 11.7. The summed E-state index contributed by atoms with van der Waals surface area (Å²) in [7, 11) is 0. The summed E-state index contributed by atoms with van der Waals surface area (Å²) < 4.78 is 4.65. The smallest absolute Gasteiger partial charge is 0.160 e. The highest BCUT2D eigenvalue weighted by atomic mass is 32.1. The maximum Gasteiger partial charge on any atom is 0.160 e. The van der Waals surface area contributed by atoms with Crippen LogP contribution in [0.4, 0.5) is 0 Å². The lowest BCUT2D eigenvalue weighted by Gasteiger charge is -2.11. The fourth-order valence-corrected chi connectivity index (χ4v) is 9.12. The van der Waals surface area contributed by atoms with Crippen molar-refractivity contribution in [3.8, 4) is 56.2 Å². The Morgan fingerprint density at radius 1 is 0.360 bits per heavy atom. The molecule has 4 heterocycles. The van der Waals surface area contributed by atoms with Crippen LogP contribution in [-0.4, -0.2) is 19.9 Å². The van der Waals surface area contributed by atoms with Crippen LogP contribution in [0.1, 0.15) is 0 Å². The van der Waals surface area contributed by atoms with Gasteiger partial charge in [0.25, 0.3) is 0 Å². The molecule has 0 fully saturated rings. The third kappa shape index (κ3) is 4.88. The molecule has 0 aliphatic heterocycles. The van der Waals surface area contributed by atoms with Crippen LogP contribution in [0.25, 0.3) is 96.8 Å². The monoisotopic (exact) mass is 674 g/mol. The van der Waals surface area contributed by atoms with E-state index in [1.165, 1.54) is 14.8 Å². The van der Waals surface area contributed by atoms with Crippen molar-refractivity contribution >= 4 is 63.3 Å². The second kappa shape index (κ2) is 11.8. The highest BCUT2D eigenvalue weighted by Gasteiger charge is 2.17. The van der Waals surface area contributed by atoms with Gasteiger partial charge in [0.1, 0.15) is 6.33 Å². The van der Waals surface area contributed by atoms with Crippen molar-refractivity contribution in [2.24, 2.45) is 0 Å². The Bertz CT molecular complexity index is 2890. The van der Waals surface area contributed by atoms with Crippen molar-refractivity contribution in [1.82, 2.24) is 19.9 Å². The fourth-order valence-electron chi connectivity index (χ4n) is 6.80. The summed E-state index contributed by atoms with van der Waals surface area (Å²) in [6.07, 6.45) is 1.68. The van der Waals surface area contributed by atoms with Gasteiger partial charge in [-0.05, 0) is 52.6 Å². The average Bonchev–Trinajstić information content (AvgIpc) is 3.77. The van der Waals surface area contributed by atoms with Gasteiger partial charge in [0.05, 0.1) is 31.8 Å². The van der Waals surface area contributed by atoms with Crippen molar-refractivity contribution in [2.75, 3.05) is 0 Å². The number of fused-ring (bicyclic) bond motifs is 6. The van der Waals surface area contributed by atoms with Gasteiger partial charge in [0.2, 0.25) is 0 Å². The van der Waals surface area contributed by atoms with E-state index in [9.17, 15) is 0 Å². The average molecular weight is 675 g/mol. The van der Waals surface area contributed by atoms with Crippen LogP contribution in [0.3, 0.4) is 0 Å². The summed E-state index contributed by atoms with van der Waals surface area (Å²) in [6, 6.07) is 53.4. The Morgan fingerprint density at radius 3 is 1.48 bits per heavy atom. The van der Waals surface area contributed by atoms with Gasteiger partial charge in [0, 0.05) is 36.9 Å². The molecule has 6 heteroatoms. The number of aromatic nitrogens is 4. The van der Waals surface area contributed by atoms with E-state index in [-0.39, 0.29) is 0 Å². The quantitative estimate of drug-likeness (QED) is 0.182. The second-order valence-electron chi connectivity index (χ2n) is 12.3. The van der Waals surface area contributed by atoms with E-state index < -0.39 is 0 Å². The van der Waals surface area contributed by atoms with Crippen LogP contribution in [0.5, 0.6) is 0 Å². The zero-order valence-electron chi connectivity index (χ0n) is 26.6. The molecule has 4 aromatic heterocycles. The summed E-state index contributed by atoms with van der Waals surface area (Å²) in [5.74, 6) is 0.737. The molecule has 234 valence electrons. The summed E-state index contributed by atoms with van der Waals surface area (Å²) in [4.78, 5) is 19.7. The molecule has 0 saturated heterocycles. The number of hydrogen-bond donors (Lipinski definition) is 0. The van der Waals surface area contributed by atoms with Crippen LogP contribution in [0.2, 0.25) is 0 Å². The lowest BCUT2D eigenvalue weighted by atomic mass is 9.96. The summed E-state index contributed by atoms with van der Waals surface area (Å²) >= 11 is 3.51. The molecule has 0 aliphatic carbocycles. The first kappa shape index (κ1) is 28.9. The number of benzene rings is 6. The molecule has 0 N–H and O–H groups in total. The first-order valence-corrected chi connectivity index (χ1v) is 18.1. The molecule has 0 radical (unpaired) electrons. The maximum atomic E-state index is 5.20. The minimum atomic E-state index is 0.737. The van der Waals surface area contributed by atoms with Gasteiger partial charge >= 0.3 is 0 Å². The standard InChI is InChI=1S/C44H26N4S2/c1-2-11-27(12-3-1)44-47-39(43-41(48-44)35-20-5-7-22-37(35)50-43)33-18-10-16-31(25-33)29-14-8-13-28(23-29)30-15-9-17-32(24-30)38-42-40(46-26-45-38)34-19-4-6-21-36(34)49-42/h1-26H. The van der Waals surface area contributed by atoms with Crippen molar-refractivity contribution in [3.63, 3.8) is 0 Å². The molecule has 0 saturated carbocycles. The maximum absolute atomic E-state index is 5.20. The van der Waals surface area contributed by atoms with Gasteiger partial charge in [-0.15, -0.1) is 22.7 Å². The molecular weight excluding hydrogens is 649 g/mol. The molecule has 0 aliphatic rings. The van der Waals surface area contributed by atoms with Crippen LogP contribution in [0.15, 0.2) is 158 Å². The van der Waals surface area contributed by atoms with Gasteiger partial charge in [-0.2, -0.15) is 0 Å². The van der Waals surface area contributed by atoms with Crippen LogP contribution >= 0.6 is 22.7 Å². The molecular formula is C44H26N4S2. The topological polar surface area (TPSA) is 51.6 Å². The molecule has 50 heavy (non-hydrogen) atoms. The van der Waals surface area contributed by atoms with Crippen LogP contribution in [0, 0.1) is 0 Å². The van der Waals surface area contributed by atoms with Crippen molar-refractivity contribution in [1.29, 1.82) is 0 Å². The molecule has 6 aromatic carbocycles. The Labute approximate surface area is 296 Å². The predicted molar refractivity (Wildman–Crippen MR) is 211 cm³/mol. The normalized spacial score (nSPS) is 11.6. The molecule has 0 spiro atoms. The highest BCUT2D eigenvalue weighted by Crippen LogP contribution is 2.41. The minimum Gasteiger partial charge on any atom is -0.235 e. The molecule has 10 aromatic rings. The van der Waals surface area contributed by atoms with Gasteiger partial charge in [-0.25, -0.2) is 19.9 Å². The van der Waals surface area contributed by atoms with Crippen LogP contribution < -0.4 is 0 Å². The first-order chi connectivity index (χ1) is 24.8. The molecule has 4 nitrogen and oxygen atoms in total. The van der Waals surface area contributed by atoms with Crippen molar-refractivity contribution in [3.05, 3.63) is 158 Å². The van der Waals surface area contributed by atoms with Gasteiger partial charge in [-0.3, -0.25) is 0 Å². The lowest BCUT2D eigenvalue weighted by molar-refractivity contribution is 1.24. The number of thiophene rings is 2. The van der Waals surface area contributed by atoms with Gasteiger partial charge in [-0.1, -0.05) is 121 Å². The third-order valence-electron chi connectivity index (χ3n) is 9.21.